The molecular weight excluding hydrogens is 254 g/mol. The van der Waals surface area contributed by atoms with Crippen molar-refractivity contribution in [2.75, 3.05) is 6.54 Å². The van der Waals surface area contributed by atoms with Crippen LogP contribution in [0.3, 0.4) is 0 Å². The van der Waals surface area contributed by atoms with Gasteiger partial charge in [0.1, 0.15) is 5.75 Å². The summed E-state index contributed by atoms with van der Waals surface area (Å²) in [6, 6.07) is 6.40. The second-order valence-corrected chi connectivity index (χ2v) is 5.26. The molecule has 0 spiro atoms. The van der Waals surface area contributed by atoms with Crippen LogP contribution in [-0.4, -0.2) is 34.3 Å². The molecule has 0 bridgehead atoms. The Labute approximate surface area is 119 Å². The molecule has 1 aliphatic rings. The van der Waals surface area contributed by atoms with Crippen LogP contribution in [0.2, 0.25) is 0 Å². The number of amides is 1. The number of piperidine rings is 1. The summed E-state index contributed by atoms with van der Waals surface area (Å²) in [5.74, 6) is 0.351. The highest BCUT2D eigenvalue weighted by Gasteiger charge is 2.30. The van der Waals surface area contributed by atoms with Crippen molar-refractivity contribution >= 4 is 11.7 Å². The van der Waals surface area contributed by atoms with Crippen molar-refractivity contribution in [3.05, 3.63) is 29.8 Å². The highest BCUT2D eigenvalue weighted by molar-refractivity contribution is 5.89. The minimum Gasteiger partial charge on any atom is -0.508 e. The molecule has 0 radical (unpaired) electrons. The number of likely N-dealkylation sites (tertiary alicyclic amines) is 1. The van der Waals surface area contributed by atoms with Gasteiger partial charge in [-0.05, 0) is 37.0 Å². The van der Waals surface area contributed by atoms with Crippen molar-refractivity contribution in [1.82, 2.24) is 4.90 Å². The van der Waals surface area contributed by atoms with Gasteiger partial charge in [-0.1, -0.05) is 19.1 Å². The lowest BCUT2D eigenvalue weighted by Gasteiger charge is -2.34. The SMILES string of the molecule is CCC(=O)[C@H]1CCCCN1C(=O)Cc1ccc(O)cc1. The third-order valence-electron chi connectivity index (χ3n) is 3.83. The number of hydrogen-bond donors (Lipinski definition) is 1. The zero-order chi connectivity index (χ0) is 14.5. The van der Waals surface area contributed by atoms with Crippen LogP contribution < -0.4 is 0 Å². The maximum absolute atomic E-state index is 12.4. The fourth-order valence-corrected chi connectivity index (χ4v) is 2.69. The van der Waals surface area contributed by atoms with Crippen LogP contribution in [0.15, 0.2) is 24.3 Å². The van der Waals surface area contributed by atoms with E-state index in [0.29, 0.717) is 13.0 Å². The lowest BCUT2D eigenvalue weighted by Crippen LogP contribution is -2.48. The van der Waals surface area contributed by atoms with Crippen molar-refractivity contribution in [3.8, 4) is 5.75 Å². The molecule has 0 aromatic heterocycles. The van der Waals surface area contributed by atoms with E-state index in [0.717, 1.165) is 24.8 Å². The zero-order valence-corrected chi connectivity index (χ0v) is 11.8. The molecular formula is C16H21NO3. The predicted molar refractivity (Wildman–Crippen MR) is 76.5 cm³/mol. The normalized spacial score (nSPS) is 18.9. The van der Waals surface area contributed by atoms with Gasteiger partial charge in [-0.2, -0.15) is 0 Å². The third kappa shape index (κ3) is 3.38. The van der Waals surface area contributed by atoms with Gasteiger partial charge in [-0.3, -0.25) is 9.59 Å². The van der Waals surface area contributed by atoms with E-state index in [1.165, 1.54) is 0 Å². The average Bonchev–Trinajstić information content (AvgIpc) is 2.48. The number of carbonyl (C=O) groups is 2. The number of aromatic hydroxyl groups is 1. The minimum absolute atomic E-state index is 0.00203. The molecule has 4 nitrogen and oxygen atoms in total. The van der Waals surface area contributed by atoms with Crippen molar-refractivity contribution in [2.24, 2.45) is 0 Å². The van der Waals surface area contributed by atoms with Gasteiger partial charge in [-0.25, -0.2) is 0 Å². The Kier molecular flexibility index (Phi) is 4.77. The lowest BCUT2D eigenvalue weighted by molar-refractivity contribution is -0.140. The summed E-state index contributed by atoms with van der Waals surface area (Å²) in [5.41, 5.74) is 0.862. The van der Waals surface area contributed by atoms with Crippen LogP contribution in [0.25, 0.3) is 0 Å². The van der Waals surface area contributed by atoms with Crippen LogP contribution in [-0.2, 0) is 16.0 Å². The van der Waals surface area contributed by atoms with E-state index in [1.54, 1.807) is 29.2 Å². The maximum Gasteiger partial charge on any atom is 0.227 e. The highest BCUT2D eigenvalue weighted by Crippen LogP contribution is 2.20. The number of hydrogen-bond acceptors (Lipinski definition) is 3. The molecule has 0 unspecified atom stereocenters. The van der Waals surface area contributed by atoms with Gasteiger partial charge >= 0.3 is 0 Å². The van der Waals surface area contributed by atoms with Crippen molar-refractivity contribution in [1.29, 1.82) is 0 Å². The fraction of sp³-hybridized carbons (Fsp3) is 0.500. The van der Waals surface area contributed by atoms with Crippen LogP contribution in [0, 0.1) is 0 Å². The summed E-state index contributed by atoms with van der Waals surface area (Å²) in [4.78, 5) is 26.1. The zero-order valence-electron chi connectivity index (χ0n) is 11.8. The number of rotatable bonds is 4. The number of benzene rings is 1. The van der Waals surface area contributed by atoms with Crippen LogP contribution in [0.1, 0.15) is 38.2 Å². The van der Waals surface area contributed by atoms with Gasteiger partial charge in [0, 0.05) is 13.0 Å². The van der Waals surface area contributed by atoms with E-state index in [-0.39, 0.29) is 29.9 Å². The summed E-state index contributed by atoms with van der Waals surface area (Å²) in [5, 5.41) is 9.25. The molecule has 108 valence electrons. The number of nitrogens with zero attached hydrogens (tertiary/aromatic N) is 1. The molecule has 1 N–H and O–H groups in total. The molecule has 1 aromatic rings. The molecule has 1 amide bonds. The van der Waals surface area contributed by atoms with Crippen LogP contribution in [0.5, 0.6) is 5.75 Å². The van der Waals surface area contributed by atoms with Crippen molar-refractivity contribution in [3.63, 3.8) is 0 Å². The van der Waals surface area contributed by atoms with Gasteiger partial charge in [0.2, 0.25) is 5.91 Å². The number of phenolic OH excluding ortho intramolecular Hbond substituents is 1. The fourth-order valence-electron chi connectivity index (χ4n) is 2.69. The largest absolute Gasteiger partial charge is 0.508 e. The first-order valence-electron chi connectivity index (χ1n) is 7.22. The summed E-state index contributed by atoms with van der Waals surface area (Å²) in [6.45, 7) is 2.52. The van der Waals surface area contributed by atoms with E-state index in [2.05, 4.69) is 0 Å². The summed E-state index contributed by atoms with van der Waals surface area (Å²) in [6.07, 6.45) is 3.53. The standard InChI is InChI=1S/C16H21NO3/c1-2-15(19)14-5-3-4-10-17(14)16(20)11-12-6-8-13(18)9-7-12/h6-9,14,18H,2-5,10-11H2,1H3/t14-/m1/s1. The Hall–Kier alpha value is -1.84. The topological polar surface area (TPSA) is 57.6 Å². The molecule has 0 saturated carbocycles. The molecule has 2 rings (SSSR count). The average molecular weight is 275 g/mol. The molecule has 1 aromatic carbocycles. The van der Waals surface area contributed by atoms with Crippen molar-refractivity contribution in [2.45, 2.75) is 45.1 Å². The second kappa shape index (κ2) is 6.55. The number of carbonyl (C=O) groups excluding carboxylic acids is 2. The van der Waals surface area contributed by atoms with Crippen LogP contribution >= 0.6 is 0 Å². The molecule has 1 atom stereocenters. The third-order valence-corrected chi connectivity index (χ3v) is 3.83. The van der Waals surface area contributed by atoms with E-state index >= 15 is 0 Å². The molecule has 1 aliphatic heterocycles. The molecule has 1 fully saturated rings. The first-order chi connectivity index (χ1) is 9.61. The Balaban J connectivity index is 2.05. The number of Topliss-reactive ketones (excluding diaryl/α,β-unsaturated/α-hetero) is 1. The second-order valence-electron chi connectivity index (χ2n) is 5.26. The first kappa shape index (κ1) is 14.6. The van der Waals surface area contributed by atoms with Gasteiger partial charge in [0.25, 0.3) is 0 Å². The van der Waals surface area contributed by atoms with E-state index < -0.39 is 0 Å². The summed E-state index contributed by atoms with van der Waals surface area (Å²) < 4.78 is 0. The van der Waals surface area contributed by atoms with Gasteiger partial charge in [0.15, 0.2) is 5.78 Å². The number of ketones is 1. The van der Waals surface area contributed by atoms with E-state index in [4.69, 9.17) is 0 Å². The molecule has 20 heavy (non-hydrogen) atoms. The molecule has 4 heteroatoms. The maximum atomic E-state index is 12.4. The van der Waals surface area contributed by atoms with Gasteiger partial charge in [-0.15, -0.1) is 0 Å². The van der Waals surface area contributed by atoms with Gasteiger partial charge in [0.05, 0.1) is 12.5 Å². The predicted octanol–water partition coefficient (Wildman–Crippen LogP) is 2.29. The van der Waals surface area contributed by atoms with Crippen molar-refractivity contribution < 1.29 is 14.7 Å². The Bertz CT molecular complexity index is 481. The molecule has 0 aliphatic carbocycles. The van der Waals surface area contributed by atoms with Crippen LogP contribution in [0.4, 0.5) is 0 Å². The lowest BCUT2D eigenvalue weighted by atomic mass is 9.96. The Morgan fingerprint density at radius 1 is 1.25 bits per heavy atom. The molecule has 1 heterocycles. The van der Waals surface area contributed by atoms with Gasteiger partial charge < -0.3 is 10.0 Å². The summed E-state index contributed by atoms with van der Waals surface area (Å²) in [7, 11) is 0. The molecule has 1 saturated heterocycles. The Morgan fingerprint density at radius 3 is 2.60 bits per heavy atom. The van der Waals surface area contributed by atoms with E-state index in [1.807, 2.05) is 6.92 Å². The monoisotopic (exact) mass is 275 g/mol. The Morgan fingerprint density at radius 2 is 1.95 bits per heavy atom. The quantitative estimate of drug-likeness (QED) is 0.917. The number of phenols is 1. The summed E-state index contributed by atoms with van der Waals surface area (Å²) >= 11 is 0. The van der Waals surface area contributed by atoms with E-state index in [9.17, 15) is 14.7 Å². The highest BCUT2D eigenvalue weighted by atomic mass is 16.3. The minimum atomic E-state index is -0.238. The first-order valence-corrected chi connectivity index (χ1v) is 7.22. The smallest absolute Gasteiger partial charge is 0.227 e.